The van der Waals surface area contributed by atoms with Gasteiger partial charge in [0, 0.05) is 24.7 Å². The first-order chi connectivity index (χ1) is 15.3. The van der Waals surface area contributed by atoms with Crippen molar-refractivity contribution < 1.29 is 9.53 Å². The Balaban J connectivity index is 1.36. The lowest BCUT2D eigenvalue weighted by atomic mass is 9.91. The van der Waals surface area contributed by atoms with Gasteiger partial charge in [-0.05, 0) is 52.3 Å². The Morgan fingerprint density at radius 1 is 1.28 bits per heavy atom. The lowest BCUT2D eigenvalue weighted by Crippen LogP contribution is -2.54. The molecule has 32 heavy (non-hydrogen) atoms. The Labute approximate surface area is 194 Å². The molecule has 0 aliphatic carbocycles. The summed E-state index contributed by atoms with van der Waals surface area (Å²) in [5, 5.41) is 8.33. The number of alkyl halides is 1. The van der Waals surface area contributed by atoms with Crippen molar-refractivity contribution in [2.45, 2.75) is 69.7 Å². The second-order valence-electron chi connectivity index (χ2n) is 9.57. The molecule has 1 aromatic heterocycles. The second kappa shape index (κ2) is 7.96. The van der Waals surface area contributed by atoms with E-state index in [9.17, 15) is 4.79 Å². The predicted octanol–water partition coefficient (Wildman–Crippen LogP) is 3.57. The molecule has 5 rings (SSSR count). The van der Waals surface area contributed by atoms with Gasteiger partial charge in [-0.3, -0.25) is 4.79 Å². The van der Waals surface area contributed by atoms with Gasteiger partial charge in [-0.1, -0.05) is 12.1 Å². The average Bonchev–Trinajstić information content (AvgIpc) is 3.51. The van der Waals surface area contributed by atoms with Crippen LogP contribution in [0.15, 0.2) is 24.3 Å². The van der Waals surface area contributed by atoms with E-state index in [1.54, 1.807) is 0 Å². The molecule has 8 heteroatoms. The molecule has 1 fully saturated rings. The van der Waals surface area contributed by atoms with Crippen molar-refractivity contribution in [2.75, 3.05) is 25.1 Å². The fraction of sp³-hybridized carbons (Fsp3) is 0.583. The van der Waals surface area contributed by atoms with Crippen LogP contribution in [0.1, 0.15) is 61.3 Å². The highest BCUT2D eigenvalue weighted by atomic mass is 35.5. The Morgan fingerprint density at radius 2 is 2.06 bits per heavy atom. The fourth-order valence-corrected chi connectivity index (χ4v) is 5.43. The third-order valence-corrected chi connectivity index (χ3v) is 8.31. The van der Waals surface area contributed by atoms with Crippen LogP contribution in [0.3, 0.4) is 0 Å². The quantitative estimate of drug-likeness (QED) is 0.711. The van der Waals surface area contributed by atoms with Crippen LogP contribution in [-0.4, -0.2) is 57.7 Å². The molecule has 0 radical (unpaired) electrons. The van der Waals surface area contributed by atoms with Crippen molar-refractivity contribution >= 4 is 23.3 Å². The maximum absolute atomic E-state index is 13.5. The summed E-state index contributed by atoms with van der Waals surface area (Å²) in [5.74, 6) is 1.71. The summed E-state index contributed by atoms with van der Waals surface area (Å²) in [6.07, 6.45) is 2.29. The van der Waals surface area contributed by atoms with Gasteiger partial charge in [-0.15, -0.1) is 11.6 Å². The van der Waals surface area contributed by atoms with Crippen LogP contribution < -0.4 is 15.0 Å². The van der Waals surface area contributed by atoms with Crippen LogP contribution in [0.4, 0.5) is 5.82 Å². The van der Waals surface area contributed by atoms with E-state index in [0.29, 0.717) is 37.1 Å². The largest absolute Gasteiger partial charge is 0.491 e. The number of amides is 1. The summed E-state index contributed by atoms with van der Waals surface area (Å²) in [4.78, 5) is 17.1. The van der Waals surface area contributed by atoms with E-state index >= 15 is 0 Å². The Bertz CT molecular complexity index is 1030. The maximum Gasteiger partial charge on any atom is 0.258 e. The molecule has 0 spiro atoms. The SMILES string of the molecule is CC1N(C)c2c3c(nn2C(C)C1(C)Cl)CN(C(=O)c1ccccc1OCC1CCCN1)C3. The minimum atomic E-state index is -0.415. The Hall–Kier alpha value is -2.25. The molecule has 3 aliphatic heterocycles. The van der Waals surface area contributed by atoms with Crippen molar-refractivity contribution in [3.63, 3.8) is 0 Å². The highest BCUT2D eigenvalue weighted by molar-refractivity contribution is 6.25. The van der Waals surface area contributed by atoms with Crippen LogP contribution in [-0.2, 0) is 13.1 Å². The number of carbonyl (C=O) groups is 1. The molecule has 1 saturated heterocycles. The molecule has 1 N–H and O–H groups in total. The maximum atomic E-state index is 13.5. The van der Waals surface area contributed by atoms with Gasteiger partial charge < -0.3 is 19.9 Å². The molecule has 4 atom stereocenters. The number of benzene rings is 1. The summed E-state index contributed by atoms with van der Waals surface area (Å²) >= 11 is 6.89. The first kappa shape index (κ1) is 21.6. The van der Waals surface area contributed by atoms with E-state index in [-0.39, 0.29) is 18.0 Å². The van der Waals surface area contributed by atoms with Gasteiger partial charge in [0.2, 0.25) is 0 Å². The highest BCUT2D eigenvalue weighted by Gasteiger charge is 2.47. The number of fused-ring (bicyclic) bond motifs is 3. The molecule has 7 nitrogen and oxygen atoms in total. The topological polar surface area (TPSA) is 62.6 Å². The molecule has 2 aromatic rings. The van der Waals surface area contributed by atoms with Crippen molar-refractivity contribution in [3.8, 4) is 5.75 Å². The van der Waals surface area contributed by atoms with Gasteiger partial charge in [0.15, 0.2) is 0 Å². The van der Waals surface area contributed by atoms with E-state index in [4.69, 9.17) is 21.4 Å². The van der Waals surface area contributed by atoms with Gasteiger partial charge in [0.05, 0.1) is 35.3 Å². The van der Waals surface area contributed by atoms with E-state index in [1.807, 2.05) is 33.8 Å². The number of para-hydroxylation sites is 1. The number of nitrogens with one attached hydrogen (secondary N) is 1. The zero-order valence-electron chi connectivity index (χ0n) is 19.3. The van der Waals surface area contributed by atoms with Crippen molar-refractivity contribution in [2.24, 2.45) is 0 Å². The zero-order valence-corrected chi connectivity index (χ0v) is 20.0. The van der Waals surface area contributed by atoms with Crippen LogP contribution >= 0.6 is 11.6 Å². The van der Waals surface area contributed by atoms with Gasteiger partial charge >= 0.3 is 0 Å². The first-order valence-corrected chi connectivity index (χ1v) is 11.9. The van der Waals surface area contributed by atoms with Crippen molar-refractivity contribution in [1.82, 2.24) is 20.0 Å². The summed E-state index contributed by atoms with van der Waals surface area (Å²) in [6, 6.07) is 8.13. The molecule has 172 valence electrons. The average molecular weight is 458 g/mol. The predicted molar refractivity (Wildman–Crippen MR) is 126 cm³/mol. The molecule has 0 saturated carbocycles. The number of aromatic nitrogens is 2. The monoisotopic (exact) mass is 457 g/mol. The number of rotatable bonds is 4. The number of carbonyl (C=O) groups excluding carboxylic acids is 1. The third-order valence-electron chi connectivity index (χ3n) is 7.68. The molecule has 1 aromatic carbocycles. The summed E-state index contributed by atoms with van der Waals surface area (Å²) in [5.41, 5.74) is 2.70. The second-order valence-corrected chi connectivity index (χ2v) is 10.4. The van der Waals surface area contributed by atoms with Crippen LogP contribution in [0, 0.1) is 0 Å². The molecular formula is C24H32ClN5O2. The third kappa shape index (κ3) is 3.37. The van der Waals surface area contributed by atoms with Crippen LogP contribution in [0.5, 0.6) is 5.75 Å². The van der Waals surface area contributed by atoms with Gasteiger partial charge in [-0.25, -0.2) is 4.68 Å². The van der Waals surface area contributed by atoms with E-state index in [0.717, 1.165) is 30.0 Å². The highest BCUT2D eigenvalue weighted by Crippen LogP contribution is 2.46. The van der Waals surface area contributed by atoms with Crippen molar-refractivity contribution in [1.29, 1.82) is 0 Å². The van der Waals surface area contributed by atoms with Gasteiger partial charge in [-0.2, -0.15) is 5.10 Å². The van der Waals surface area contributed by atoms with Gasteiger partial charge in [0.1, 0.15) is 18.2 Å². The number of ether oxygens (including phenoxy) is 1. The Kier molecular flexibility index (Phi) is 5.37. The molecule has 4 heterocycles. The fourth-order valence-electron chi connectivity index (χ4n) is 5.19. The van der Waals surface area contributed by atoms with Crippen LogP contribution in [0.2, 0.25) is 0 Å². The molecule has 1 amide bonds. The normalized spacial score (nSPS) is 29.2. The number of hydrogen-bond acceptors (Lipinski definition) is 5. The molecule has 0 bridgehead atoms. The van der Waals surface area contributed by atoms with Crippen molar-refractivity contribution in [3.05, 3.63) is 41.1 Å². The number of nitrogens with zero attached hydrogens (tertiary/aromatic N) is 4. The van der Waals surface area contributed by atoms with E-state index < -0.39 is 4.87 Å². The lowest BCUT2D eigenvalue weighted by molar-refractivity contribution is 0.0743. The standard InChI is InChI=1S/C24H32ClN5O2/c1-15-24(3,25)16(2)30-22(28(15)4)19-12-29(13-20(19)27-30)23(31)18-9-5-6-10-21(18)32-14-17-8-7-11-26-17/h5-6,9-10,15-17,26H,7-8,11-14H2,1-4H3. The Morgan fingerprint density at radius 3 is 2.81 bits per heavy atom. The summed E-state index contributed by atoms with van der Waals surface area (Å²) in [6.45, 7) is 9.01. The van der Waals surface area contributed by atoms with E-state index in [1.165, 1.54) is 6.42 Å². The zero-order chi connectivity index (χ0) is 22.6. The lowest BCUT2D eigenvalue weighted by Gasteiger charge is -2.46. The minimum absolute atomic E-state index is 0.0153. The summed E-state index contributed by atoms with van der Waals surface area (Å²) in [7, 11) is 2.07. The molecule has 3 aliphatic rings. The number of hydrogen-bond donors (Lipinski definition) is 1. The number of anilines is 1. The smallest absolute Gasteiger partial charge is 0.258 e. The molecule has 4 unspecified atom stereocenters. The summed E-state index contributed by atoms with van der Waals surface area (Å²) < 4.78 is 8.11. The molecular weight excluding hydrogens is 426 g/mol. The van der Waals surface area contributed by atoms with Gasteiger partial charge in [0.25, 0.3) is 5.91 Å². The van der Waals surface area contributed by atoms with E-state index in [2.05, 4.69) is 38.0 Å². The first-order valence-electron chi connectivity index (χ1n) is 11.6. The van der Waals surface area contributed by atoms with Crippen LogP contribution in [0.25, 0.3) is 0 Å². The minimum Gasteiger partial charge on any atom is -0.491 e. The number of halogens is 1.